The van der Waals surface area contributed by atoms with Gasteiger partial charge in [-0.25, -0.2) is 0 Å². The van der Waals surface area contributed by atoms with E-state index < -0.39 is 0 Å². The first-order chi connectivity index (χ1) is 9.56. The van der Waals surface area contributed by atoms with E-state index in [0.717, 1.165) is 30.7 Å². The second-order valence-electron chi connectivity index (χ2n) is 6.53. The summed E-state index contributed by atoms with van der Waals surface area (Å²) in [4.78, 5) is 16.5. The molecule has 4 atom stereocenters. The molecule has 2 fully saturated rings. The average molecular weight is 277 g/mol. The highest BCUT2D eigenvalue weighted by molar-refractivity contribution is 5.91. The van der Waals surface area contributed by atoms with Crippen molar-refractivity contribution in [2.75, 3.05) is 21.1 Å². The van der Waals surface area contributed by atoms with E-state index in [-0.39, 0.29) is 5.91 Å². The molecule has 2 aliphatic rings. The number of amides is 1. The number of hydrogen-bond acceptors (Lipinski definition) is 4. The first-order valence-electron chi connectivity index (χ1n) is 7.40. The normalized spacial score (nSPS) is 32.6. The molecular weight excluding hydrogens is 254 g/mol. The Bertz CT molecular complexity index is 457. The van der Waals surface area contributed by atoms with Crippen molar-refractivity contribution in [3.63, 3.8) is 0 Å². The molecule has 1 aromatic rings. The molecule has 2 saturated carbocycles. The predicted molar refractivity (Wildman–Crippen MR) is 75.3 cm³/mol. The monoisotopic (exact) mass is 277 g/mol. The van der Waals surface area contributed by atoms with E-state index in [9.17, 15) is 4.79 Å². The van der Waals surface area contributed by atoms with Crippen molar-refractivity contribution in [3.05, 3.63) is 18.0 Å². The Kier molecular flexibility index (Phi) is 3.54. The first-order valence-corrected chi connectivity index (χ1v) is 7.40. The predicted octanol–water partition coefficient (Wildman–Crippen LogP) is 1.87. The zero-order valence-electron chi connectivity index (χ0n) is 12.5. The molecule has 0 aromatic carbocycles. The zero-order chi connectivity index (χ0) is 14.3. The molecular formula is C15H23N3O2. The van der Waals surface area contributed by atoms with Crippen LogP contribution in [-0.2, 0) is 0 Å². The van der Waals surface area contributed by atoms with Crippen molar-refractivity contribution >= 4 is 5.91 Å². The molecule has 1 heterocycles. The van der Waals surface area contributed by atoms with Crippen LogP contribution in [0.1, 0.15) is 36.2 Å². The smallest absolute Gasteiger partial charge is 0.292 e. The summed E-state index contributed by atoms with van der Waals surface area (Å²) in [6, 6.07) is 2.71. The van der Waals surface area contributed by atoms with E-state index >= 15 is 0 Å². The number of nitrogens with zero attached hydrogens (tertiary/aromatic N) is 3. The summed E-state index contributed by atoms with van der Waals surface area (Å²) in [7, 11) is 6.23. The van der Waals surface area contributed by atoms with Gasteiger partial charge in [-0.2, -0.15) is 0 Å². The number of fused-ring (bicyclic) bond motifs is 1. The molecule has 1 aromatic heterocycles. The van der Waals surface area contributed by atoms with Gasteiger partial charge in [0.25, 0.3) is 5.91 Å². The third-order valence-corrected chi connectivity index (χ3v) is 5.21. The average Bonchev–Trinajstić information content (AvgIpc) is 3.11. The van der Waals surface area contributed by atoms with Crippen LogP contribution in [0.3, 0.4) is 0 Å². The Morgan fingerprint density at radius 2 is 1.75 bits per heavy atom. The summed E-state index contributed by atoms with van der Waals surface area (Å²) < 4.78 is 4.97. The molecule has 0 bridgehead atoms. The van der Waals surface area contributed by atoms with E-state index in [1.54, 1.807) is 6.07 Å². The number of aromatic nitrogens is 1. The fourth-order valence-corrected chi connectivity index (χ4v) is 3.96. The van der Waals surface area contributed by atoms with Gasteiger partial charge in [-0.1, -0.05) is 5.16 Å². The van der Waals surface area contributed by atoms with Crippen LogP contribution in [0.4, 0.5) is 0 Å². The topological polar surface area (TPSA) is 49.6 Å². The van der Waals surface area contributed by atoms with Gasteiger partial charge in [0.1, 0.15) is 0 Å². The quantitative estimate of drug-likeness (QED) is 0.846. The second-order valence-corrected chi connectivity index (χ2v) is 6.53. The Balaban J connectivity index is 1.61. The van der Waals surface area contributed by atoms with Crippen molar-refractivity contribution < 1.29 is 9.32 Å². The summed E-state index contributed by atoms with van der Waals surface area (Å²) in [5.41, 5.74) is 0. The summed E-state index contributed by atoms with van der Waals surface area (Å²) in [5.74, 6) is 1.85. The van der Waals surface area contributed by atoms with Crippen LogP contribution in [0.5, 0.6) is 0 Å². The Hall–Kier alpha value is -1.36. The zero-order valence-corrected chi connectivity index (χ0v) is 12.5. The fourth-order valence-electron chi connectivity index (χ4n) is 3.96. The molecule has 110 valence electrons. The van der Waals surface area contributed by atoms with Crippen molar-refractivity contribution in [3.8, 4) is 0 Å². The Morgan fingerprint density at radius 1 is 1.15 bits per heavy atom. The fraction of sp³-hybridized carbons (Fsp3) is 0.733. The number of rotatable bonds is 3. The van der Waals surface area contributed by atoms with Crippen molar-refractivity contribution in [1.29, 1.82) is 0 Å². The molecule has 1 amide bonds. The van der Waals surface area contributed by atoms with Crippen LogP contribution in [0.15, 0.2) is 16.8 Å². The third kappa shape index (κ3) is 2.35. The van der Waals surface area contributed by atoms with Gasteiger partial charge < -0.3 is 14.3 Å². The first kappa shape index (κ1) is 13.6. The van der Waals surface area contributed by atoms with E-state index in [1.807, 2.05) is 11.9 Å². The van der Waals surface area contributed by atoms with Crippen molar-refractivity contribution in [2.24, 2.45) is 11.8 Å². The van der Waals surface area contributed by atoms with Crippen LogP contribution < -0.4 is 0 Å². The van der Waals surface area contributed by atoms with E-state index in [4.69, 9.17) is 4.52 Å². The van der Waals surface area contributed by atoms with Gasteiger partial charge in [0.2, 0.25) is 5.76 Å². The molecule has 20 heavy (non-hydrogen) atoms. The molecule has 3 rings (SSSR count). The summed E-state index contributed by atoms with van der Waals surface area (Å²) in [5, 5.41) is 3.61. The van der Waals surface area contributed by atoms with Gasteiger partial charge in [-0.3, -0.25) is 4.79 Å². The largest absolute Gasteiger partial charge is 0.351 e. The minimum atomic E-state index is -0.0448. The van der Waals surface area contributed by atoms with Gasteiger partial charge >= 0.3 is 0 Å². The molecule has 5 heteroatoms. The van der Waals surface area contributed by atoms with E-state index in [1.165, 1.54) is 19.0 Å². The third-order valence-electron chi connectivity index (χ3n) is 5.21. The van der Waals surface area contributed by atoms with E-state index in [2.05, 4.69) is 24.2 Å². The highest BCUT2D eigenvalue weighted by Crippen LogP contribution is 2.46. The maximum absolute atomic E-state index is 12.3. The minimum Gasteiger partial charge on any atom is -0.351 e. The van der Waals surface area contributed by atoms with Crippen LogP contribution in [-0.4, -0.2) is 54.1 Å². The lowest BCUT2D eigenvalue weighted by molar-refractivity contribution is 0.0684. The molecule has 0 aliphatic heterocycles. The molecule has 0 saturated heterocycles. The maximum atomic E-state index is 12.3. The van der Waals surface area contributed by atoms with E-state index in [0.29, 0.717) is 11.8 Å². The molecule has 5 nitrogen and oxygen atoms in total. The van der Waals surface area contributed by atoms with Gasteiger partial charge in [-0.15, -0.1) is 0 Å². The van der Waals surface area contributed by atoms with Crippen LogP contribution in [0, 0.1) is 11.8 Å². The summed E-state index contributed by atoms with van der Waals surface area (Å²) >= 11 is 0. The number of hydrogen-bond donors (Lipinski definition) is 0. The lowest BCUT2D eigenvalue weighted by Crippen LogP contribution is -2.36. The van der Waals surface area contributed by atoms with Gasteiger partial charge in [-0.05, 0) is 51.6 Å². The van der Waals surface area contributed by atoms with Gasteiger partial charge in [0, 0.05) is 25.2 Å². The van der Waals surface area contributed by atoms with Crippen LogP contribution >= 0.6 is 0 Å². The summed E-state index contributed by atoms with van der Waals surface area (Å²) in [6.07, 6.45) is 6.33. The molecule has 2 unspecified atom stereocenters. The highest BCUT2D eigenvalue weighted by atomic mass is 16.5. The second kappa shape index (κ2) is 5.20. The van der Waals surface area contributed by atoms with Crippen molar-refractivity contribution in [1.82, 2.24) is 15.0 Å². The van der Waals surface area contributed by atoms with Crippen LogP contribution in [0.2, 0.25) is 0 Å². The molecule has 0 radical (unpaired) electrons. The summed E-state index contributed by atoms with van der Waals surface area (Å²) in [6.45, 7) is 0. The van der Waals surface area contributed by atoms with Gasteiger partial charge in [0.05, 0.1) is 6.20 Å². The number of carbonyl (C=O) groups excluding carboxylic acids is 1. The SMILES string of the molecule is CN(C)C1C[C@@H]2CC(N(C)C(=O)c3ccno3)C[C@@H]2C1. The molecule has 2 aliphatic carbocycles. The molecule has 0 spiro atoms. The lowest BCUT2D eigenvalue weighted by Gasteiger charge is -2.26. The minimum absolute atomic E-state index is 0.0448. The molecule has 0 N–H and O–H groups in total. The lowest BCUT2D eigenvalue weighted by atomic mass is 10.0. The Morgan fingerprint density at radius 3 is 2.25 bits per heavy atom. The standard InChI is InChI=1S/C15H23N3O2/c1-17(2)12-6-10-8-13(9-11(10)7-12)18(3)15(19)14-4-5-16-20-14/h4-5,10-13H,6-9H2,1-3H3/t10-,11+,12?,13?. The number of carbonyl (C=O) groups is 1. The Labute approximate surface area is 119 Å². The van der Waals surface area contributed by atoms with Crippen molar-refractivity contribution in [2.45, 2.75) is 37.8 Å². The highest BCUT2D eigenvalue weighted by Gasteiger charge is 2.44. The van der Waals surface area contributed by atoms with Gasteiger partial charge in [0.15, 0.2) is 0 Å². The maximum Gasteiger partial charge on any atom is 0.292 e. The van der Waals surface area contributed by atoms with Crippen LogP contribution in [0.25, 0.3) is 0 Å².